The van der Waals surface area contributed by atoms with Gasteiger partial charge in [-0.2, -0.15) is 0 Å². The van der Waals surface area contributed by atoms with Crippen LogP contribution in [0.4, 0.5) is 10.1 Å². The summed E-state index contributed by atoms with van der Waals surface area (Å²) < 4.78 is 12.7. The lowest BCUT2D eigenvalue weighted by atomic mass is 10.3. The van der Waals surface area contributed by atoms with E-state index in [2.05, 4.69) is 5.32 Å². The summed E-state index contributed by atoms with van der Waals surface area (Å²) in [6, 6.07) is 3.87. The van der Waals surface area contributed by atoms with Crippen LogP contribution in [-0.2, 0) is 4.79 Å². The minimum atomic E-state index is -0.535. The van der Waals surface area contributed by atoms with Gasteiger partial charge in [0.2, 0.25) is 5.91 Å². The molecule has 1 rings (SSSR count). The first-order chi connectivity index (χ1) is 6.63. The number of halogens is 2. The zero-order valence-electron chi connectivity index (χ0n) is 7.26. The SMILES string of the molecule is O=C(CCO)Nc1ccc(F)c(Cl)c1. The summed E-state index contributed by atoms with van der Waals surface area (Å²) in [7, 11) is 0. The molecule has 0 radical (unpaired) electrons. The monoisotopic (exact) mass is 217 g/mol. The van der Waals surface area contributed by atoms with Gasteiger partial charge in [-0.25, -0.2) is 4.39 Å². The largest absolute Gasteiger partial charge is 0.396 e. The molecule has 0 atom stereocenters. The number of carbonyl (C=O) groups excluding carboxylic acids is 1. The molecule has 0 aromatic heterocycles. The third kappa shape index (κ3) is 2.97. The third-order valence-corrected chi connectivity index (χ3v) is 1.83. The number of benzene rings is 1. The van der Waals surface area contributed by atoms with E-state index in [1.807, 2.05) is 0 Å². The van der Waals surface area contributed by atoms with Crippen LogP contribution in [0.1, 0.15) is 6.42 Å². The number of anilines is 1. The molecule has 0 unspecified atom stereocenters. The van der Waals surface area contributed by atoms with E-state index in [9.17, 15) is 9.18 Å². The van der Waals surface area contributed by atoms with Gasteiger partial charge in [-0.05, 0) is 18.2 Å². The van der Waals surface area contributed by atoms with Gasteiger partial charge >= 0.3 is 0 Å². The van der Waals surface area contributed by atoms with Crippen LogP contribution in [0, 0.1) is 5.82 Å². The zero-order chi connectivity index (χ0) is 10.6. The lowest BCUT2D eigenvalue weighted by Crippen LogP contribution is -2.12. The molecule has 0 bridgehead atoms. The molecule has 2 N–H and O–H groups in total. The van der Waals surface area contributed by atoms with Crippen molar-refractivity contribution in [2.24, 2.45) is 0 Å². The summed E-state index contributed by atoms with van der Waals surface area (Å²) in [6.07, 6.45) is 0.00892. The van der Waals surface area contributed by atoms with E-state index in [1.54, 1.807) is 0 Å². The van der Waals surface area contributed by atoms with Crippen LogP contribution in [0.3, 0.4) is 0 Å². The normalized spacial score (nSPS) is 9.93. The van der Waals surface area contributed by atoms with Crippen LogP contribution in [0.2, 0.25) is 5.02 Å². The maximum absolute atomic E-state index is 12.7. The Hall–Kier alpha value is -1.13. The van der Waals surface area contributed by atoms with E-state index in [4.69, 9.17) is 16.7 Å². The van der Waals surface area contributed by atoms with Gasteiger partial charge in [-0.3, -0.25) is 4.79 Å². The number of rotatable bonds is 3. The molecule has 0 fully saturated rings. The molecule has 1 amide bonds. The summed E-state index contributed by atoms with van der Waals surface area (Å²) in [6.45, 7) is -0.221. The summed E-state index contributed by atoms with van der Waals surface area (Å²) in [5.41, 5.74) is 0.412. The van der Waals surface area contributed by atoms with Crippen molar-refractivity contribution in [3.8, 4) is 0 Å². The third-order valence-electron chi connectivity index (χ3n) is 1.54. The van der Waals surface area contributed by atoms with Crippen molar-refractivity contribution in [1.29, 1.82) is 0 Å². The van der Waals surface area contributed by atoms with E-state index in [-0.39, 0.29) is 24.0 Å². The van der Waals surface area contributed by atoms with E-state index >= 15 is 0 Å². The first kappa shape index (κ1) is 10.9. The quantitative estimate of drug-likeness (QED) is 0.811. The molecular formula is C9H9ClFNO2. The van der Waals surface area contributed by atoms with Crippen molar-refractivity contribution in [1.82, 2.24) is 0 Å². The van der Waals surface area contributed by atoms with Gasteiger partial charge in [0.1, 0.15) is 5.82 Å². The molecule has 5 heteroatoms. The molecule has 0 heterocycles. The Kier molecular flexibility index (Phi) is 3.85. The smallest absolute Gasteiger partial charge is 0.226 e. The topological polar surface area (TPSA) is 49.3 Å². The molecule has 0 spiro atoms. The van der Waals surface area contributed by atoms with Crippen molar-refractivity contribution >= 4 is 23.2 Å². The molecule has 3 nitrogen and oxygen atoms in total. The highest BCUT2D eigenvalue weighted by molar-refractivity contribution is 6.31. The average Bonchev–Trinajstić information content (AvgIpc) is 2.12. The van der Waals surface area contributed by atoms with Gasteiger partial charge in [0.05, 0.1) is 18.1 Å². The molecule has 0 aliphatic carbocycles. The van der Waals surface area contributed by atoms with Gasteiger partial charge in [-0.15, -0.1) is 0 Å². The molecular weight excluding hydrogens is 209 g/mol. The number of hydrogen-bond acceptors (Lipinski definition) is 2. The molecule has 0 aliphatic rings. The first-order valence-electron chi connectivity index (χ1n) is 3.99. The van der Waals surface area contributed by atoms with E-state index in [0.29, 0.717) is 5.69 Å². The maximum Gasteiger partial charge on any atom is 0.226 e. The van der Waals surface area contributed by atoms with Crippen LogP contribution >= 0.6 is 11.6 Å². The lowest BCUT2D eigenvalue weighted by Gasteiger charge is -2.04. The van der Waals surface area contributed by atoms with Gasteiger partial charge in [-0.1, -0.05) is 11.6 Å². The predicted molar refractivity (Wildman–Crippen MR) is 51.7 cm³/mol. The second-order valence-corrected chi connectivity index (χ2v) is 3.06. The average molecular weight is 218 g/mol. The Labute approximate surface area is 85.5 Å². The Bertz CT molecular complexity index is 344. The Morgan fingerprint density at radius 1 is 1.57 bits per heavy atom. The molecule has 14 heavy (non-hydrogen) atoms. The van der Waals surface area contributed by atoms with E-state index in [0.717, 1.165) is 6.07 Å². The minimum Gasteiger partial charge on any atom is -0.396 e. The summed E-state index contributed by atoms with van der Waals surface area (Å²) in [4.78, 5) is 11.0. The van der Waals surface area contributed by atoms with Crippen LogP contribution in [-0.4, -0.2) is 17.6 Å². The van der Waals surface area contributed by atoms with Crippen molar-refractivity contribution in [3.63, 3.8) is 0 Å². The van der Waals surface area contributed by atoms with Gasteiger partial charge in [0.15, 0.2) is 0 Å². The lowest BCUT2D eigenvalue weighted by molar-refractivity contribution is -0.116. The number of carbonyl (C=O) groups is 1. The van der Waals surface area contributed by atoms with Gasteiger partial charge < -0.3 is 10.4 Å². The highest BCUT2D eigenvalue weighted by atomic mass is 35.5. The zero-order valence-corrected chi connectivity index (χ0v) is 8.01. The minimum absolute atomic E-state index is 0.00892. The standard InChI is InChI=1S/C9H9ClFNO2/c10-7-5-6(1-2-8(7)11)12-9(14)3-4-13/h1-2,5,13H,3-4H2,(H,12,14). The van der Waals surface area contributed by atoms with Crippen LogP contribution in [0.15, 0.2) is 18.2 Å². The number of aliphatic hydroxyl groups is 1. The second-order valence-electron chi connectivity index (χ2n) is 2.65. The highest BCUT2D eigenvalue weighted by Gasteiger charge is 2.04. The van der Waals surface area contributed by atoms with Crippen molar-refractivity contribution in [2.75, 3.05) is 11.9 Å². The van der Waals surface area contributed by atoms with E-state index in [1.165, 1.54) is 12.1 Å². The number of aliphatic hydroxyl groups excluding tert-OH is 1. The number of nitrogens with one attached hydrogen (secondary N) is 1. The molecule has 1 aromatic carbocycles. The Morgan fingerprint density at radius 3 is 2.86 bits per heavy atom. The fourth-order valence-electron chi connectivity index (χ4n) is 0.899. The maximum atomic E-state index is 12.7. The number of amides is 1. The molecule has 1 aromatic rings. The summed E-state index contributed by atoms with van der Waals surface area (Å²) >= 11 is 5.50. The second kappa shape index (κ2) is 4.93. The molecule has 76 valence electrons. The van der Waals surface area contributed by atoms with Crippen molar-refractivity contribution < 1.29 is 14.3 Å². The molecule has 0 saturated carbocycles. The van der Waals surface area contributed by atoms with Crippen LogP contribution in [0.5, 0.6) is 0 Å². The van der Waals surface area contributed by atoms with Crippen molar-refractivity contribution in [2.45, 2.75) is 6.42 Å². The van der Waals surface area contributed by atoms with Gasteiger partial charge in [0.25, 0.3) is 0 Å². The van der Waals surface area contributed by atoms with Crippen LogP contribution < -0.4 is 5.32 Å². The highest BCUT2D eigenvalue weighted by Crippen LogP contribution is 2.19. The number of hydrogen-bond donors (Lipinski definition) is 2. The fourth-order valence-corrected chi connectivity index (χ4v) is 1.08. The van der Waals surface area contributed by atoms with Gasteiger partial charge in [0, 0.05) is 5.69 Å². The molecule has 0 saturated heterocycles. The predicted octanol–water partition coefficient (Wildman–Crippen LogP) is 1.80. The van der Waals surface area contributed by atoms with Crippen LogP contribution in [0.25, 0.3) is 0 Å². The Balaban J connectivity index is 2.68. The fraction of sp³-hybridized carbons (Fsp3) is 0.222. The Morgan fingerprint density at radius 2 is 2.29 bits per heavy atom. The summed E-state index contributed by atoms with van der Waals surface area (Å²) in [5, 5.41) is 10.9. The van der Waals surface area contributed by atoms with E-state index < -0.39 is 5.82 Å². The first-order valence-corrected chi connectivity index (χ1v) is 4.37. The van der Waals surface area contributed by atoms with Crippen molar-refractivity contribution in [3.05, 3.63) is 29.0 Å². The molecule has 0 aliphatic heterocycles. The summed E-state index contributed by atoms with van der Waals surface area (Å²) in [5.74, 6) is -0.873.